The number of hydrogen-bond acceptors (Lipinski definition) is 3. The zero-order valence-corrected chi connectivity index (χ0v) is 14.8. The van der Waals surface area contributed by atoms with E-state index in [4.69, 9.17) is 0 Å². The Bertz CT molecular complexity index is 769. The van der Waals surface area contributed by atoms with E-state index in [-0.39, 0.29) is 23.5 Å². The highest BCUT2D eigenvalue weighted by Crippen LogP contribution is 2.08. The van der Waals surface area contributed by atoms with E-state index in [9.17, 15) is 14.0 Å². The van der Waals surface area contributed by atoms with Gasteiger partial charge in [-0.3, -0.25) is 4.79 Å². The molecule has 134 valence electrons. The maximum atomic E-state index is 12.9. The molecular formula is C19H24FN3O2. The molecule has 0 bridgehead atoms. The number of H-pyrrole nitrogens is 1. The predicted molar refractivity (Wildman–Crippen MR) is 95.0 cm³/mol. The van der Waals surface area contributed by atoms with Crippen LogP contribution in [0.25, 0.3) is 0 Å². The second kappa shape index (κ2) is 8.55. The van der Waals surface area contributed by atoms with E-state index in [1.807, 2.05) is 20.8 Å². The fraction of sp³-hybridized carbons (Fsp3) is 0.421. The number of halogens is 1. The average Bonchev–Trinajstić information content (AvgIpc) is 2.53. The monoisotopic (exact) mass is 345 g/mol. The predicted octanol–water partition coefficient (Wildman–Crippen LogP) is 2.86. The SMILES string of the molecule is CC(C)Cc1cc(C(=O)N[C@H](C)CCc2ccc(F)cc2)nc(=O)[nH]1. The van der Waals surface area contributed by atoms with Crippen molar-refractivity contribution in [2.24, 2.45) is 5.92 Å². The van der Waals surface area contributed by atoms with Crippen LogP contribution < -0.4 is 11.0 Å². The highest BCUT2D eigenvalue weighted by Gasteiger charge is 2.13. The normalized spacial score (nSPS) is 12.2. The van der Waals surface area contributed by atoms with Crippen molar-refractivity contribution in [3.05, 3.63) is 63.6 Å². The molecule has 0 unspecified atom stereocenters. The molecule has 6 heteroatoms. The van der Waals surface area contributed by atoms with E-state index in [1.54, 1.807) is 18.2 Å². The highest BCUT2D eigenvalue weighted by molar-refractivity contribution is 5.92. The van der Waals surface area contributed by atoms with Gasteiger partial charge in [-0.1, -0.05) is 26.0 Å². The number of carbonyl (C=O) groups is 1. The Kier molecular flexibility index (Phi) is 6.44. The van der Waals surface area contributed by atoms with Gasteiger partial charge in [-0.2, -0.15) is 4.98 Å². The molecule has 2 rings (SSSR count). The summed E-state index contributed by atoms with van der Waals surface area (Å²) in [5, 5.41) is 2.86. The molecule has 1 aromatic carbocycles. The van der Waals surface area contributed by atoms with Crippen LogP contribution in [0.15, 0.2) is 35.1 Å². The second-order valence-electron chi connectivity index (χ2n) is 6.73. The molecule has 0 fully saturated rings. The summed E-state index contributed by atoms with van der Waals surface area (Å²) in [5.74, 6) is -0.256. The van der Waals surface area contributed by atoms with Crippen molar-refractivity contribution >= 4 is 5.91 Å². The molecule has 25 heavy (non-hydrogen) atoms. The number of nitrogens with zero attached hydrogens (tertiary/aromatic N) is 1. The number of aromatic amines is 1. The average molecular weight is 345 g/mol. The molecular weight excluding hydrogens is 321 g/mol. The summed E-state index contributed by atoms with van der Waals surface area (Å²) in [7, 11) is 0. The fourth-order valence-corrected chi connectivity index (χ4v) is 2.58. The maximum absolute atomic E-state index is 12.9. The van der Waals surface area contributed by atoms with Crippen LogP contribution in [0.2, 0.25) is 0 Å². The number of hydrogen-bond donors (Lipinski definition) is 2. The summed E-state index contributed by atoms with van der Waals surface area (Å²) >= 11 is 0. The zero-order chi connectivity index (χ0) is 18.4. The lowest BCUT2D eigenvalue weighted by Crippen LogP contribution is -2.35. The summed E-state index contributed by atoms with van der Waals surface area (Å²) in [6, 6.07) is 7.86. The van der Waals surface area contributed by atoms with Gasteiger partial charge in [-0.15, -0.1) is 0 Å². The quantitative estimate of drug-likeness (QED) is 0.810. The number of nitrogens with one attached hydrogen (secondary N) is 2. The number of aryl methyl sites for hydroxylation is 1. The molecule has 0 radical (unpaired) electrons. The molecule has 0 saturated heterocycles. The topological polar surface area (TPSA) is 74.8 Å². The van der Waals surface area contributed by atoms with Gasteiger partial charge in [0.15, 0.2) is 0 Å². The number of rotatable bonds is 7. The van der Waals surface area contributed by atoms with Crippen molar-refractivity contribution in [1.82, 2.24) is 15.3 Å². The third-order valence-electron chi connectivity index (χ3n) is 3.82. The van der Waals surface area contributed by atoms with Crippen LogP contribution in [0.5, 0.6) is 0 Å². The Balaban J connectivity index is 1.95. The van der Waals surface area contributed by atoms with Crippen LogP contribution in [-0.2, 0) is 12.8 Å². The van der Waals surface area contributed by atoms with Gasteiger partial charge in [-0.05, 0) is 55.9 Å². The number of benzene rings is 1. The van der Waals surface area contributed by atoms with Crippen molar-refractivity contribution < 1.29 is 9.18 Å². The Morgan fingerprint density at radius 1 is 1.24 bits per heavy atom. The van der Waals surface area contributed by atoms with Gasteiger partial charge in [0, 0.05) is 11.7 Å². The molecule has 1 aromatic heterocycles. The molecule has 1 heterocycles. The van der Waals surface area contributed by atoms with Crippen molar-refractivity contribution in [2.75, 3.05) is 0 Å². The van der Waals surface area contributed by atoms with Crippen LogP contribution in [-0.4, -0.2) is 21.9 Å². The molecule has 0 aliphatic rings. The minimum Gasteiger partial charge on any atom is -0.348 e. The molecule has 2 N–H and O–H groups in total. The Morgan fingerprint density at radius 2 is 1.92 bits per heavy atom. The summed E-state index contributed by atoms with van der Waals surface area (Å²) < 4.78 is 12.9. The first-order chi connectivity index (χ1) is 11.8. The zero-order valence-electron chi connectivity index (χ0n) is 14.8. The minimum absolute atomic E-state index is 0.0906. The van der Waals surface area contributed by atoms with Gasteiger partial charge < -0.3 is 10.3 Å². The van der Waals surface area contributed by atoms with Gasteiger partial charge >= 0.3 is 5.69 Å². The van der Waals surface area contributed by atoms with Crippen molar-refractivity contribution in [1.29, 1.82) is 0 Å². The summed E-state index contributed by atoms with van der Waals surface area (Å²) in [5.41, 5.74) is 1.34. The van der Waals surface area contributed by atoms with E-state index in [0.29, 0.717) is 24.5 Å². The van der Waals surface area contributed by atoms with Crippen molar-refractivity contribution in [3.63, 3.8) is 0 Å². The van der Waals surface area contributed by atoms with Crippen LogP contribution >= 0.6 is 0 Å². The molecule has 1 amide bonds. The first-order valence-corrected chi connectivity index (χ1v) is 8.49. The van der Waals surface area contributed by atoms with Gasteiger partial charge in [0.25, 0.3) is 5.91 Å². The Hall–Kier alpha value is -2.50. The van der Waals surface area contributed by atoms with Gasteiger partial charge in [0.1, 0.15) is 11.5 Å². The van der Waals surface area contributed by atoms with Gasteiger partial charge in [0.2, 0.25) is 0 Å². The van der Waals surface area contributed by atoms with E-state index >= 15 is 0 Å². The summed E-state index contributed by atoms with van der Waals surface area (Å²) in [4.78, 5) is 30.4. The van der Waals surface area contributed by atoms with Gasteiger partial charge in [0.05, 0.1) is 0 Å². The first-order valence-electron chi connectivity index (χ1n) is 8.49. The van der Waals surface area contributed by atoms with Crippen molar-refractivity contribution in [3.8, 4) is 0 Å². The lowest BCUT2D eigenvalue weighted by Gasteiger charge is -2.14. The lowest BCUT2D eigenvalue weighted by molar-refractivity contribution is 0.0932. The maximum Gasteiger partial charge on any atom is 0.345 e. The molecule has 5 nitrogen and oxygen atoms in total. The lowest BCUT2D eigenvalue weighted by atomic mass is 10.1. The van der Waals surface area contributed by atoms with Crippen LogP contribution in [0.4, 0.5) is 4.39 Å². The summed E-state index contributed by atoms with van der Waals surface area (Å²) in [6.07, 6.45) is 2.11. The van der Waals surface area contributed by atoms with Crippen molar-refractivity contribution in [2.45, 2.75) is 46.1 Å². The molecule has 0 saturated carbocycles. The molecule has 1 atom stereocenters. The largest absolute Gasteiger partial charge is 0.348 e. The molecule has 0 aliphatic carbocycles. The minimum atomic E-state index is -0.512. The van der Waals surface area contributed by atoms with Gasteiger partial charge in [-0.25, -0.2) is 9.18 Å². The molecule has 2 aromatic rings. The van der Waals surface area contributed by atoms with Crippen LogP contribution in [0.3, 0.4) is 0 Å². The smallest absolute Gasteiger partial charge is 0.345 e. The number of amides is 1. The highest BCUT2D eigenvalue weighted by atomic mass is 19.1. The fourth-order valence-electron chi connectivity index (χ4n) is 2.58. The second-order valence-corrected chi connectivity index (χ2v) is 6.73. The van der Waals surface area contributed by atoms with Crippen LogP contribution in [0.1, 0.15) is 48.9 Å². The van der Waals surface area contributed by atoms with Crippen LogP contribution in [0, 0.1) is 11.7 Å². The standard InChI is InChI=1S/C19H24FN3O2/c1-12(2)10-16-11-17(23-19(25)22-16)18(24)21-13(3)4-5-14-6-8-15(20)9-7-14/h6-9,11-13H,4-5,10H2,1-3H3,(H,21,24)(H,22,23,25)/t13-/m1/s1. The van der Waals surface area contributed by atoms with E-state index in [2.05, 4.69) is 15.3 Å². The van der Waals surface area contributed by atoms with E-state index in [1.165, 1.54) is 12.1 Å². The van der Waals surface area contributed by atoms with E-state index < -0.39 is 5.69 Å². The number of aromatic nitrogens is 2. The Labute approximate surface area is 146 Å². The number of carbonyl (C=O) groups excluding carboxylic acids is 1. The first kappa shape index (κ1) is 18.8. The Morgan fingerprint density at radius 3 is 2.56 bits per heavy atom. The molecule has 0 spiro atoms. The third kappa shape index (κ3) is 6.14. The van der Waals surface area contributed by atoms with E-state index in [0.717, 1.165) is 12.0 Å². The third-order valence-corrected chi connectivity index (χ3v) is 3.82. The summed E-state index contributed by atoms with van der Waals surface area (Å²) in [6.45, 7) is 5.97. The molecule has 0 aliphatic heterocycles.